The Morgan fingerprint density at radius 2 is 1.73 bits per heavy atom. The van der Waals surface area contributed by atoms with E-state index in [-0.39, 0.29) is 29.0 Å². The van der Waals surface area contributed by atoms with Gasteiger partial charge in [-0.25, -0.2) is 4.79 Å². The fourth-order valence-corrected chi connectivity index (χ4v) is 6.02. The van der Waals surface area contributed by atoms with Crippen LogP contribution in [0.15, 0.2) is 57.9 Å². The minimum absolute atomic E-state index is 0.0933. The topological polar surface area (TPSA) is 91.8 Å². The van der Waals surface area contributed by atoms with Crippen LogP contribution >= 0.6 is 0 Å². The molecule has 2 unspecified atom stereocenters. The smallest absolute Gasteiger partial charge is 0.418 e. The van der Waals surface area contributed by atoms with Crippen LogP contribution in [0.4, 0.5) is 24.9 Å². The Hall–Kier alpha value is -4.28. The minimum atomic E-state index is -4.63. The SMILES string of the molecule is CC1CCC(C)N1c1nc2ccc(-n3cc(C(=O)O)c(=O)cc3-c3ccc(N4CCCC4)c(C(F)(F)F)c3)cc2o1. The third-order valence-electron chi connectivity index (χ3n) is 8.14. The molecular formula is C30H29F3N4O4. The molecule has 2 aromatic carbocycles. The second-order valence-electron chi connectivity index (χ2n) is 10.9. The number of hydrogen-bond donors (Lipinski definition) is 1. The number of pyridine rings is 1. The third kappa shape index (κ3) is 4.83. The summed E-state index contributed by atoms with van der Waals surface area (Å²) in [5.41, 5.74) is -0.323. The summed E-state index contributed by atoms with van der Waals surface area (Å²) >= 11 is 0. The van der Waals surface area contributed by atoms with Crippen molar-refractivity contribution in [2.75, 3.05) is 22.9 Å². The lowest BCUT2D eigenvalue weighted by Gasteiger charge is -2.24. The van der Waals surface area contributed by atoms with Gasteiger partial charge in [0, 0.05) is 54.9 Å². The number of oxazole rings is 1. The molecule has 2 aromatic heterocycles. The molecule has 0 radical (unpaired) electrons. The molecule has 41 heavy (non-hydrogen) atoms. The van der Waals surface area contributed by atoms with E-state index in [0.29, 0.717) is 35.9 Å². The zero-order chi connectivity index (χ0) is 29.1. The highest BCUT2D eigenvalue weighted by Crippen LogP contribution is 2.40. The van der Waals surface area contributed by atoms with Crippen molar-refractivity contribution in [2.24, 2.45) is 0 Å². The first-order valence-electron chi connectivity index (χ1n) is 13.7. The van der Waals surface area contributed by atoms with Crippen molar-refractivity contribution in [2.45, 2.75) is 57.8 Å². The van der Waals surface area contributed by atoms with Gasteiger partial charge >= 0.3 is 12.1 Å². The number of halogens is 3. The number of alkyl halides is 3. The van der Waals surface area contributed by atoms with Gasteiger partial charge in [0.1, 0.15) is 11.1 Å². The number of nitrogens with zero attached hydrogens (tertiary/aromatic N) is 4. The molecule has 214 valence electrons. The van der Waals surface area contributed by atoms with E-state index in [9.17, 15) is 27.9 Å². The van der Waals surface area contributed by atoms with Crippen LogP contribution in [0.25, 0.3) is 28.0 Å². The average molecular weight is 567 g/mol. The predicted octanol–water partition coefficient (Wildman–Crippen LogP) is 6.34. The Kier molecular flexibility index (Phi) is 6.55. The molecule has 4 aromatic rings. The molecule has 0 amide bonds. The third-order valence-corrected chi connectivity index (χ3v) is 8.14. The lowest BCUT2D eigenvalue weighted by atomic mass is 10.0. The molecular weight excluding hydrogens is 537 g/mol. The lowest BCUT2D eigenvalue weighted by molar-refractivity contribution is -0.137. The molecule has 8 nitrogen and oxygen atoms in total. The molecule has 2 saturated heterocycles. The maximum atomic E-state index is 14.2. The van der Waals surface area contributed by atoms with Crippen molar-refractivity contribution >= 4 is 28.8 Å². The number of anilines is 2. The lowest BCUT2D eigenvalue weighted by Crippen LogP contribution is -2.32. The van der Waals surface area contributed by atoms with Crippen molar-refractivity contribution in [3.8, 4) is 16.9 Å². The van der Waals surface area contributed by atoms with Gasteiger partial charge in [-0.3, -0.25) is 4.79 Å². The second kappa shape index (κ2) is 9.97. The van der Waals surface area contributed by atoms with Gasteiger partial charge in [0.15, 0.2) is 11.0 Å². The van der Waals surface area contributed by atoms with Gasteiger partial charge in [-0.15, -0.1) is 0 Å². The standard InChI is InChI=1S/C30H29F3N4O4/c1-17-5-6-18(2)37(17)29-34-23-9-8-20(14-27(23)41-29)36-16-21(28(39)40)26(38)15-25(36)19-7-10-24(35-11-3-4-12-35)22(13-19)30(31,32)33/h7-10,13-18H,3-6,11-12H2,1-2H3,(H,39,40). The minimum Gasteiger partial charge on any atom is -0.477 e. The van der Waals surface area contributed by atoms with Crippen LogP contribution in [0.3, 0.4) is 0 Å². The quantitative estimate of drug-likeness (QED) is 0.301. The largest absolute Gasteiger partial charge is 0.477 e. The van der Waals surface area contributed by atoms with E-state index in [2.05, 4.69) is 23.7 Å². The van der Waals surface area contributed by atoms with E-state index in [1.807, 2.05) is 0 Å². The van der Waals surface area contributed by atoms with E-state index in [1.54, 1.807) is 23.1 Å². The van der Waals surface area contributed by atoms with Crippen LogP contribution in [0.1, 0.15) is 55.5 Å². The van der Waals surface area contributed by atoms with Gasteiger partial charge in [0.25, 0.3) is 6.01 Å². The number of carboxylic acids is 1. The van der Waals surface area contributed by atoms with Crippen LogP contribution in [-0.4, -0.2) is 45.8 Å². The maximum Gasteiger partial charge on any atom is 0.418 e. The van der Waals surface area contributed by atoms with Crippen molar-refractivity contribution in [3.63, 3.8) is 0 Å². The molecule has 1 N–H and O–H groups in total. The van der Waals surface area contributed by atoms with E-state index in [4.69, 9.17) is 4.42 Å². The fourth-order valence-electron chi connectivity index (χ4n) is 6.02. The summed E-state index contributed by atoms with van der Waals surface area (Å²) in [6.45, 7) is 5.28. The summed E-state index contributed by atoms with van der Waals surface area (Å²) in [4.78, 5) is 33.1. The zero-order valence-corrected chi connectivity index (χ0v) is 22.6. The van der Waals surface area contributed by atoms with Gasteiger partial charge in [-0.05, 0) is 69.4 Å². The molecule has 2 atom stereocenters. The average Bonchev–Trinajstić information content (AvgIpc) is 3.67. The van der Waals surface area contributed by atoms with Gasteiger partial charge < -0.3 is 23.9 Å². The number of carboxylic acid groups (broad SMARTS) is 1. The fraction of sp³-hybridized carbons (Fsp3) is 0.367. The first-order valence-corrected chi connectivity index (χ1v) is 13.7. The van der Waals surface area contributed by atoms with Crippen molar-refractivity contribution in [1.29, 1.82) is 0 Å². The summed E-state index contributed by atoms with van der Waals surface area (Å²) in [5.74, 6) is -1.43. The van der Waals surface area contributed by atoms with Gasteiger partial charge in [-0.1, -0.05) is 6.07 Å². The normalized spacial score (nSPS) is 19.4. The van der Waals surface area contributed by atoms with Crippen LogP contribution in [0, 0.1) is 0 Å². The maximum absolute atomic E-state index is 14.2. The molecule has 2 aliphatic rings. The Bertz CT molecular complexity index is 1690. The van der Waals surface area contributed by atoms with E-state index >= 15 is 0 Å². The Morgan fingerprint density at radius 1 is 1.02 bits per heavy atom. The van der Waals surface area contributed by atoms with Crippen molar-refractivity contribution in [1.82, 2.24) is 9.55 Å². The van der Waals surface area contributed by atoms with Gasteiger partial charge in [0.05, 0.1) is 11.3 Å². The molecule has 4 heterocycles. The number of rotatable bonds is 5. The first-order chi connectivity index (χ1) is 19.5. The molecule has 0 saturated carbocycles. The molecule has 6 rings (SSSR count). The summed E-state index contributed by atoms with van der Waals surface area (Å²) in [7, 11) is 0. The number of carbonyl (C=O) groups is 1. The Balaban J connectivity index is 1.50. The summed E-state index contributed by atoms with van der Waals surface area (Å²) in [5, 5.41) is 9.65. The van der Waals surface area contributed by atoms with Gasteiger partial charge in [-0.2, -0.15) is 18.2 Å². The van der Waals surface area contributed by atoms with Crippen molar-refractivity contribution in [3.05, 3.63) is 70.0 Å². The number of fused-ring (bicyclic) bond motifs is 1. The highest BCUT2D eigenvalue weighted by Gasteiger charge is 2.36. The molecule has 2 fully saturated rings. The van der Waals surface area contributed by atoms with Crippen LogP contribution in [-0.2, 0) is 6.18 Å². The molecule has 0 bridgehead atoms. The zero-order valence-electron chi connectivity index (χ0n) is 22.6. The molecule has 0 aliphatic carbocycles. The Morgan fingerprint density at radius 3 is 2.39 bits per heavy atom. The number of benzene rings is 2. The highest BCUT2D eigenvalue weighted by atomic mass is 19.4. The van der Waals surface area contributed by atoms with Gasteiger partial charge in [0.2, 0.25) is 0 Å². The Labute approximate surface area is 233 Å². The first kappa shape index (κ1) is 26.9. The predicted molar refractivity (Wildman–Crippen MR) is 149 cm³/mol. The summed E-state index contributed by atoms with van der Waals surface area (Å²) in [6, 6.07) is 11.1. The molecule has 11 heteroatoms. The van der Waals surface area contributed by atoms with Crippen LogP contribution in [0.5, 0.6) is 0 Å². The highest BCUT2D eigenvalue weighted by molar-refractivity contribution is 5.88. The van der Waals surface area contributed by atoms with E-state index in [1.165, 1.54) is 16.7 Å². The van der Waals surface area contributed by atoms with Crippen molar-refractivity contribution < 1.29 is 27.5 Å². The van der Waals surface area contributed by atoms with E-state index in [0.717, 1.165) is 44.0 Å². The van der Waals surface area contributed by atoms with Crippen LogP contribution in [0.2, 0.25) is 0 Å². The van der Waals surface area contributed by atoms with E-state index < -0.39 is 28.7 Å². The summed E-state index contributed by atoms with van der Waals surface area (Å²) in [6.07, 6.45) is 0.178. The molecule has 2 aliphatic heterocycles. The number of aromatic nitrogens is 2. The van der Waals surface area contributed by atoms with Crippen LogP contribution < -0.4 is 15.2 Å². The molecule has 0 spiro atoms. The monoisotopic (exact) mass is 566 g/mol. The number of aromatic carboxylic acids is 1. The second-order valence-corrected chi connectivity index (χ2v) is 10.9. The summed E-state index contributed by atoms with van der Waals surface area (Å²) < 4.78 is 50.2. The number of hydrogen-bond acceptors (Lipinski definition) is 6.